The minimum absolute atomic E-state index is 0.192. The summed E-state index contributed by atoms with van der Waals surface area (Å²) in [5, 5.41) is 2.90. The van der Waals surface area contributed by atoms with E-state index >= 15 is 0 Å². The Hall–Kier alpha value is -3.35. The summed E-state index contributed by atoms with van der Waals surface area (Å²) >= 11 is 2.04. The Morgan fingerprint density at radius 1 is 0.354 bits per heavy atom. The second-order valence-electron chi connectivity index (χ2n) is 37.3. The molecule has 113 heavy (non-hydrogen) atoms. The lowest BCUT2D eigenvalue weighted by molar-refractivity contribution is -0.121. The van der Waals surface area contributed by atoms with E-state index in [1.807, 2.05) is 25.6 Å². The predicted octanol–water partition coefficient (Wildman–Crippen LogP) is 30.4. The largest absolute Gasteiger partial charge is 0.382 e. The first-order valence-corrected chi connectivity index (χ1v) is 47.2. The fourth-order valence-corrected chi connectivity index (χ4v) is 10.4. The second kappa shape index (κ2) is 95.8. The quantitative estimate of drug-likeness (QED) is 0.0289. The number of carbonyl (C=O) groups excluding carboxylic acids is 2. The number of thioether (sulfide) groups is 1. The average molecular weight is 1610 g/mol. The van der Waals surface area contributed by atoms with Crippen molar-refractivity contribution in [3.05, 3.63) is 120 Å². The fourth-order valence-electron chi connectivity index (χ4n) is 9.44. The maximum Gasteiger partial charge on any atom is 0.220 e. The van der Waals surface area contributed by atoms with Crippen molar-refractivity contribution in [1.82, 2.24) is 16.3 Å². The molecular weight excluding hydrogens is 1410 g/mol. The highest BCUT2D eigenvalue weighted by molar-refractivity contribution is 7.99. The van der Waals surface area contributed by atoms with Crippen LogP contribution in [0, 0.1) is 94.7 Å². The van der Waals surface area contributed by atoms with Crippen LogP contribution in [0.5, 0.6) is 0 Å². The Labute approximate surface area is 713 Å². The molecule has 0 radical (unpaired) electrons. The highest BCUT2D eigenvalue weighted by atomic mass is 32.2. The molecule has 0 spiro atoms. The molecule has 3 rings (SSSR count). The molecule has 1 amide bonds. The first-order valence-electron chi connectivity index (χ1n) is 46.1. The van der Waals surface area contributed by atoms with Crippen LogP contribution in [-0.4, -0.2) is 82.5 Å². The summed E-state index contributed by atoms with van der Waals surface area (Å²) in [6, 6.07) is 31.8. The van der Waals surface area contributed by atoms with Crippen LogP contribution in [0.3, 0.4) is 0 Å². The Kier molecular flexibility index (Phi) is 106. The van der Waals surface area contributed by atoms with Crippen molar-refractivity contribution in [2.24, 2.45) is 94.7 Å². The van der Waals surface area contributed by atoms with Crippen LogP contribution in [-0.2, 0) is 48.0 Å². The minimum atomic E-state index is 0.192. The standard InChI is InChI=1S/C11H22O.C11H22.C10H21NO.C10H22O.3C10H14.C9H21NO.C8H18O.C7H17NO.C7H16S/c1-9(2)6-5-7-11(12)8-10(3)4;1-10(2)8-6-5-7-9-11(3)4;1-8(2)5-6-10(12)11-7-9(3)4;1-9(2)6-5-7-11-8-10(3)4;3*1-9(2)8-10-6-4-3-5-7-10;1-8(2)5-6-11-10-7-9(3)4;1-4-9-7-5-6-8(2)3;1-4-8-9-6-5-7(2)3;1-4-8-6-5-7(2)3/h9-10H,5-8H2,1-4H3;5-6,10-11H,7-9H2,1-4H3;8-9H,5-7H2,1-4H3,(H,11,12);9-10H,5-8H2,1-4H3;3*3-7,9H,8H2,1-2H3;8-10H,5-7H2,1-4H3;8H,4-7H2,1-3H3;7-8H,4-6H2,1-3H3;7H,4-6H2,1-3H3. The van der Waals surface area contributed by atoms with Gasteiger partial charge in [0.1, 0.15) is 5.78 Å². The van der Waals surface area contributed by atoms with Crippen LogP contribution in [0.15, 0.2) is 103 Å². The first kappa shape index (κ1) is 125. The Morgan fingerprint density at radius 3 is 1.06 bits per heavy atom. The van der Waals surface area contributed by atoms with E-state index in [2.05, 4.69) is 348 Å². The summed E-state index contributed by atoms with van der Waals surface area (Å²) in [4.78, 5) is 32.6. The van der Waals surface area contributed by atoms with Gasteiger partial charge in [0, 0.05) is 65.3 Å². The van der Waals surface area contributed by atoms with Gasteiger partial charge in [-0.1, -0.05) is 345 Å². The molecule has 0 aliphatic carbocycles. The average Bonchev–Trinajstić information content (AvgIpc) is 0.967. The number of amides is 1. The summed E-state index contributed by atoms with van der Waals surface area (Å²) in [6.07, 6.45) is 26.1. The van der Waals surface area contributed by atoms with E-state index in [1.165, 1.54) is 105 Å². The van der Waals surface area contributed by atoms with E-state index in [4.69, 9.17) is 19.1 Å². The van der Waals surface area contributed by atoms with Crippen LogP contribution in [0.1, 0.15) is 362 Å². The fraction of sp³-hybridized carbons (Fsp3) is 0.786. The number of hydrogen-bond donors (Lipinski definition) is 3. The van der Waals surface area contributed by atoms with Gasteiger partial charge < -0.3 is 24.5 Å². The third-order valence-electron chi connectivity index (χ3n) is 15.9. The number of benzene rings is 3. The van der Waals surface area contributed by atoms with Crippen LogP contribution < -0.4 is 16.3 Å². The van der Waals surface area contributed by atoms with Crippen molar-refractivity contribution < 1.29 is 28.7 Å². The summed E-state index contributed by atoms with van der Waals surface area (Å²) in [5.74, 6) is 15.0. The number of nitrogens with one attached hydrogen (secondary N) is 3. The highest BCUT2D eigenvalue weighted by Crippen LogP contribution is 2.14. The molecule has 0 fully saturated rings. The van der Waals surface area contributed by atoms with Crippen molar-refractivity contribution >= 4 is 23.5 Å². The predicted molar refractivity (Wildman–Crippen MR) is 513 cm³/mol. The van der Waals surface area contributed by atoms with Crippen molar-refractivity contribution in [2.45, 2.75) is 364 Å². The van der Waals surface area contributed by atoms with Gasteiger partial charge >= 0.3 is 0 Å². The van der Waals surface area contributed by atoms with Gasteiger partial charge in [-0.05, 0) is 226 Å². The van der Waals surface area contributed by atoms with Crippen molar-refractivity contribution in [3.8, 4) is 0 Å². The number of carbonyl (C=O) groups is 2. The monoisotopic (exact) mass is 1610 g/mol. The molecule has 3 aromatic carbocycles. The molecule has 0 saturated heterocycles. The number of hydrogen-bond acceptors (Lipinski definition) is 9. The Bertz CT molecular complexity index is 2080. The van der Waals surface area contributed by atoms with Gasteiger partial charge in [0.25, 0.3) is 0 Å². The molecule has 0 aliphatic rings. The Morgan fingerprint density at radius 2 is 0.735 bits per heavy atom. The number of hydroxylamine groups is 2. The zero-order valence-corrected chi connectivity index (χ0v) is 82.9. The third kappa shape index (κ3) is 141. The zero-order chi connectivity index (χ0) is 88.0. The van der Waals surface area contributed by atoms with Crippen molar-refractivity contribution in [2.75, 3.05) is 70.8 Å². The van der Waals surface area contributed by atoms with Crippen molar-refractivity contribution in [1.29, 1.82) is 0 Å². The normalized spacial score (nSPS) is 10.9. The summed E-state index contributed by atoms with van der Waals surface area (Å²) < 4.78 is 10.6. The van der Waals surface area contributed by atoms with Gasteiger partial charge in [0.2, 0.25) is 5.91 Å². The van der Waals surface area contributed by atoms with E-state index in [-0.39, 0.29) is 5.91 Å². The number of ketones is 1. The van der Waals surface area contributed by atoms with Gasteiger partial charge in [-0.15, -0.1) is 0 Å². The zero-order valence-electron chi connectivity index (χ0n) is 82.1. The molecule has 10 heteroatoms. The molecule has 0 bridgehead atoms. The first-order chi connectivity index (χ1) is 53.1. The third-order valence-corrected chi connectivity index (χ3v) is 16.9. The molecule has 3 aromatic rings. The lowest BCUT2D eigenvalue weighted by Crippen LogP contribution is -2.27. The van der Waals surface area contributed by atoms with Gasteiger partial charge in [0.15, 0.2) is 0 Å². The summed E-state index contributed by atoms with van der Waals surface area (Å²) in [5.41, 5.74) is 10.1. The number of allylic oxidation sites excluding steroid dienone is 2. The van der Waals surface area contributed by atoms with Crippen LogP contribution >= 0.6 is 11.8 Å². The minimum Gasteiger partial charge on any atom is -0.382 e. The molecular formula is C103H201N3O6S. The van der Waals surface area contributed by atoms with E-state index in [0.717, 1.165) is 163 Å². The van der Waals surface area contributed by atoms with Crippen LogP contribution in [0.4, 0.5) is 0 Å². The summed E-state index contributed by atoms with van der Waals surface area (Å²) in [7, 11) is 0. The van der Waals surface area contributed by atoms with Crippen LogP contribution in [0.25, 0.3) is 0 Å². The van der Waals surface area contributed by atoms with Crippen molar-refractivity contribution in [3.63, 3.8) is 0 Å². The maximum atomic E-state index is 11.2. The molecule has 0 aliphatic heterocycles. The highest BCUT2D eigenvalue weighted by Gasteiger charge is 2.07. The SMILES string of the molecule is CC(C)CC=CCCC(C)C.CC(C)CCC(=O)NCC(C)C.CC(C)CCCC(=O)CC(C)C.CC(C)CCCOCC(C)C.CC(C)CCONCC(C)C.CC(C)Cc1ccccc1.CC(C)Cc1ccccc1.CC(C)Cc1ccccc1.CCNOCCC(C)C.CCOCCCC(C)C.CCSCCC(C)C. The molecule has 9 nitrogen and oxygen atoms in total. The van der Waals surface area contributed by atoms with Gasteiger partial charge in [-0.2, -0.15) is 11.8 Å². The molecule has 0 saturated carbocycles. The van der Waals surface area contributed by atoms with E-state index < -0.39 is 0 Å². The number of ether oxygens (including phenoxy) is 2. The molecule has 0 heterocycles. The topological polar surface area (TPSA) is 107 Å². The number of Topliss-reactive ketones (excluding diaryl/α,β-unsaturated/α-hetero) is 1. The number of rotatable bonds is 48. The molecule has 0 aromatic heterocycles. The van der Waals surface area contributed by atoms with E-state index in [9.17, 15) is 9.59 Å². The lowest BCUT2D eigenvalue weighted by Gasteiger charge is -2.08. The maximum absolute atomic E-state index is 11.2. The van der Waals surface area contributed by atoms with Gasteiger partial charge in [-0.25, -0.2) is 11.0 Å². The van der Waals surface area contributed by atoms with E-state index in [0.29, 0.717) is 41.8 Å². The Balaban J connectivity index is -0.000000179. The molecule has 670 valence electrons. The molecule has 0 atom stereocenters. The van der Waals surface area contributed by atoms with Crippen LogP contribution in [0.2, 0.25) is 0 Å². The second-order valence-corrected chi connectivity index (χ2v) is 38.7. The lowest BCUT2D eigenvalue weighted by atomic mass is 10.0. The van der Waals surface area contributed by atoms with E-state index in [1.54, 1.807) is 0 Å². The van der Waals surface area contributed by atoms with Gasteiger partial charge in [0.05, 0.1) is 13.2 Å². The van der Waals surface area contributed by atoms with Gasteiger partial charge in [-0.3, -0.25) is 9.59 Å². The molecule has 0 unspecified atom stereocenters. The summed E-state index contributed by atoms with van der Waals surface area (Å²) in [6.45, 7) is 84.8. The smallest absolute Gasteiger partial charge is 0.220 e. The molecule has 3 N–H and O–H groups in total.